The number of hydrogen-bond donors (Lipinski definition) is 0. The molecule has 2 aromatic rings. The van der Waals surface area contributed by atoms with Gasteiger partial charge < -0.3 is 4.90 Å². The largest absolute Gasteiger partial charge is 0.306 e. The lowest BCUT2D eigenvalue weighted by molar-refractivity contribution is 0.0976. The van der Waals surface area contributed by atoms with E-state index in [1.54, 1.807) is 26.0 Å². The van der Waals surface area contributed by atoms with Gasteiger partial charge in [0, 0.05) is 22.5 Å². The standard InChI is InChI=1S/C17H17BrFNO3S/c1-11(2)20(13-5-7-14(8-6-13)24(3,22)23)17(21)15-10-12(18)4-9-16(15)19/h4-11H,1-3H3. The van der Waals surface area contributed by atoms with Crippen molar-refractivity contribution in [1.29, 1.82) is 0 Å². The van der Waals surface area contributed by atoms with Crippen LogP contribution in [0.1, 0.15) is 24.2 Å². The summed E-state index contributed by atoms with van der Waals surface area (Å²) >= 11 is 3.23. The Morgan fingerprint density at radius 2 is 1.71 bits per heavy atom. The van der Waals surface area contributed by atoms with Gasteiger partial charge in [-0.05, 0) is 56.3 Å². The van der Waals surface area contributed by atoms with Crippen molar-refractivity contribution in [2.45, 2.75) is 24.8 Å². The van der Waals surface area contributed by atoms with Crippen LogP contribution in [0, 0.1) is 5.82 Å². The van der Waals surface area contributed by atoms with Crippen LogP contribution in [0.3, 0.4) is 0 Å². The monoisotopic (exact) mass is 413 g/mol. The van der Waals surface area contributed by atoms with Gasteiger partial charge in [0.05, 0.1) is 10.5 Å². The van der Waals surface area contributed by atoms with Gasteiger partial charge in [-0.15, -0.1) is 0 Å². The van der Waals surface area contributed by atoms with Crippen LogP contribution in [0.2, 0.25) is 0 Å². The minimum absolute atomic E-state index is 0.0507. The van der Waals surface area contributed by atoms with Gasteiger partial charge in [-0.3, -0.25) is 4.79 Å². The van der Waals surface area contributed by atoms with Gasteiger partial charge in [-0.2, -0.15) is 0 Å². The molecule has 0 saturated heterocycles. The number of benzene rings is 2. The summed E-state index contributed by atoms with van der Waals surface area (Å²) in [7, 11) is -3.32. The molecule has 4 nitrogen and oxygen atoms in total. The Kier molecular flexibility index (Phi) is 5.45. The summed E-state index contributed by atoms with van der Waals surface area (Å²) in [5.41, 5.74) is 0.451. The van der Waals surface area contributed by atoms with Crippen LogP contribution in [-0.2, 0) is 9.84 Å². The van der Waals surface area contributed by atoms with E-state index in [-0.39, 0.29) is 16.5 Å². The number of sulfone groups is 1. The third-order valence-electron chi connectivity index (χ3n) is 3.44. The van der Waals surface area contributed by atoms with E-state index >= 15 is 0 Å². The molecule has 2 aromatic carbocycles. The predicted molar refractivity (Wildman–Crippen MR) is 95.6 cm³/mol. The van der Waals surface area contributed by atoms with Crippen LogP contribution in [0.15, 0.2) is 51.8 Å². The summed E-state index contributed by atoms with van der Waals surface area (Å²) in [6.07, 6.45) is 1.12. The van der Waals surface area contributed by atoms with E-state index in [1.165, 1.54) is 35.2 Å². The van der Waals surface area contributed by atoms with E-state index in [0.29, 0.717) is 10.2 Å². The van der Waals surface area contributed by atoms with Crippen molar-refractivity contribution in [3.8, 4) is 0 Å². The normalized spacial score (nSPS) is 11.6. The first-order chi connectivity index (χ1) is 11.1. The first-order valence-electron chi connectivity index (χ1n) is 7.20. The van der Waals surface area contributed by atoms with Crippen LogP contribution in [0.4, 0.5) is 10.1 Å². The summed E-state index contributed by atoms with van der Waals surface area (Å²) in [6.45, 7) is 3.61. The highest BCUT2D eigenvalue weighted by molar-refractivity contribution is 9.10. The van der Waals surface area contributed by atoms with Crippen molar-refractivity contribution in [3.05, 3.63) is 58.3 Å². The molecule has 2 rings (SSSR count). The fraction of sp³-hybridized carbons (Fsp3) is 0.235. The molecule has 1 amide bonds. The number of hydrogen-bond acceptors (Lipinski definition) is 3. The third-order valence-corrected chi connectivity index (χ3v) is 5.06. The van der Waals surface area contributed by atoms with Gasteiger partial charge in [0.2, 0.25) is 0 Å². The van der Waals surface area contributed by atoms with E-state index in [1.807, 2.05) is 0 Å². The van der Waals surface area contributed by atoms with Crippen molar-refractivity contribution >= 4 is 37.4 Å². The average molecular weight is 414 g/mol. The van der Waals surface area contributed by atoms with Gasteiger partial charge in [0.25, 0.3) is 5.91 Å². The molecule has 128 valence electrons. The maximum absolute atomic E-state index is 14.0. The van der Waals surface area contributed by atoms with Gasteiger partial charge >= 0.3 is 0 Å². The maximum Gasteiger partial charge on any atom is 0.261 e. The Hall–Kier alpha value is -1.73. The van der Waals surface area contributed by atoms with Gasteiger partial charge in [0.1, 0.15) is 5.82 Å². The van der Waals surface area contributed by atoms with Crippen molar-refractivity contribution in [2.24, 2.45) is 0 Å². The van der Waals surface area contributed by atoms with Crippen LogP contribution >= 0.6 is 15.9 Å². The summed E-state index contributed by atoms with van der Waals surface area (Å²) in [5.74, 6) is -1.10. The van der Waals surface area contributed by atoms with E-state index in [4.69, 9.17) is 0 Å². The minimum atomic E-state index is -3.32. The quantitative estimate of drug-likeness (QED) is 0.759. The highest BCUT2D eigenvalue weighted by Gasteiger charge is 2.24. The molecule has 0 fully saturated rings. The van der Waals surface area contributed by atoms with Crippen molar-refractivity contribution in [3.63, 3.8) is 0 Å². The number of halogens is 2. The van der Waals surface area contributed by atoms with Crippen molar-refractivity contribution < 1.29 is 17.6 Å². The lowest BCUT2D eigenvalue weighted by Gasteiger charge is -2.27. The van der Waals surface area contributed by atoms with Crippen LogP contribution in [0.25, 0.3) is 0 Å². The maximum atomic E-state index is 14.0. The molecule has 0 aromatic heterocycles. The fourth-order valence-electron chi connectivity index (χ4n) is 2.29. The summed E-state index contributed by atoms with van der Waals surface area (Å²) in [5, 5.41) is 0. The average Bonchev–Trinajstić information content (AvgIpc) is 2.49. The molecule has 0 heterocycles. The van der Waals surface area contributed by atoms with Crippen LogP contribution in [-0.4, -0.2) is 26.6 Å². The Morgan fingerprint density at radius 1 is 1.12 bits per heavy atom. The second-order valence-corrected chi connectivity index (χ2v) is 8.59. The number of amides is 1. The molecule has 0 aliphatic heterocycles. The molecule has 0 aliphatic carbocycles. The lowest BCUT2D eigenvalue weighted by Crippen LogP contribution is -2.37. The molecule has 0 atom stereocenters. The zero-order valence-electron chi connectivity index (χ0n) is 13.5. The molecular weight excluding hydrogens is 397 g/mol. The number of nitrogens with zero attached hydrogens (tertiary/aromatic N) is 1. The van der Waals surface area contributed by atoms with Crippen LogP contribution < -0.4 is 4.90 Å². The zero-order valence-corrected chi connectivity index (χ0v) is 15.9. The SMILES string of the molecule is CC(C)N(C(=O)c1cc(Br)ccc1F)c1ccc(S(C)(=O)=O)cc1. The fourth-order valence-corrected chi connectivity index (χ4v) is 3.29. The van der Waals surface area contributed by atoms with Gasteiger partial charge in [0.15, 0.2) is 9.84 Å². The summed E-state index contributed by atoms with van der Waals surface area (Å²) in [6, 6.07) is 9.90. The van der Waals surface area contributed by atoms with E-state index in [2.05, 4.69) is 15.9 Å². The number of carbonyl (C=O) groups is 1. The molecule has 0 bridgehead atoms. The molecule has 0 saturated carbocycles. The number of carbonyl (C=O) groups excluding carboxylic acids is 1. The second-order valence-electron chi connectivity index (χ2n) is 5.66. The molecule has 0 N–H and O–H groups in total. The van der Waals surface area contributed by atoms with Gasteiger partial charge in [-0.1, -0.05) is 15.9 Å². The molecule has 0 aliphatic rings. The second kappa shape index (κ2) is 7.03. The van der Waals surface area contributed by atoms with E-state index in [0.717, 1.165) is 6.26 Å². The van der Waals surface area contributed by atoms with Crippen LogP contribution in [0.5, 0.6) is 0 Å². The minimum Gasteiger partial charge on any atom is -0.306 e. The molecular formula is C17H17BrFNO3S. The predicted octanol–water partition coefficient (Wildman–Crippen LogP) is 4.05. The van der Waals surface area contributed by atoms with E-state index in [9.17, 15) is 17.6 Å². The lowest BCUT2D eigenvalue weighted by atomic mass is 10.1. The number of rotatable bonds is 4. The number of anilines is 1. The highest BCUT2D eigenvalue weighted by atomic mass is 79.9. The Labute approximate surface area is 149 Å². The topological polar surface area (TPSA) is 54.5 Å². The Morgan fingerprint density at radius 3 is 2.21 bits per heavy atom. The smallest absolute Gasteiger partial charge is 0.261 e. The van der Waals surface area contributed by atoms with Crippen molar-refractivity contribution in [1.82, 2.24) is 0 Å². The molecule has 0 spiro atoms. The third kappa shape index (κ3) is 4.02. The summed E-state index contributed by atoms with van der Waals surface area (Å²) in [4.78, 5) is 14.4. The van der Waals surface area contributed by atoms with E-state index < -0.39 is 21.6 Å². The molecule has 0 unspecified atom stereocenters. The first-order valence-corrected chi connectivity index (χ1v) is 9.88. The summed E-state index contributed by atoms with van der Waals surface area (Å²) < 4.78 is 37.7. The molecule has 0 radical (unpaired) electrons. The zero-order chi connectivity index (χ0) is 18.1. The van der Waals surface area contributed by atoms with Gasteiger partial charge in [-0.25, -0.2) is 12.8 Å². The highest BCUT2D eigenvalue weighted by Crippen LogP contribution is 2.24. The molecule has 7 heteroatoms. The first kappa shape index (κ1) is 18.6. The Balaban J connectivity index is 2.46. The molecule has 24 heavy (non-hydrogen) atoms. The Bertz CT molecular complexity index is 864. The van der Waals surface area contributed by atoms with Crippen molar-refractivity contribution in [2.75, 3.05) is 11.2 Å².